The van der Waals surface area contributed by atoms with Crippen molar-refractivity contribution in [2.45, 2.75) is 50.6 Å². The highest BCUT2D eigenvalue weighted by atomic mass is 16.5. The van der Waals surface area contributed by atoms with Crippen molar-refractivity contribution in [1.82, 2.24) is 10.6 Å². The number of fused-ring (bicyclic) bond motifs is 3. The van der Waals surface area contributed by atoms with Crippen LogP contribution in [0.5, 0.6) is 0 Å². The first-order chi connectivity index (χ1) is 16.8. The summed E-state index contributed by atoms with van der Waals surface area (Å²) in [7, 11) is 1.14. The lowest BCUT2D eigenvalue weighted by atomic mass is 9.98. The largest absolute Gasteiger partial charge is 0.480 e. The fourth-order valence-corrected chi connectivity index (χ4v) is 4.31. The van der Waals surface area contributed by atoms with Gasteiger partial charge in [0.2, 0.25) is 5.91 Å². The molecule has 1 aliphatic carbocycles. The van der Waals surface area contributed by atoms with Crippen LogP contribution >= 0.6 is 0 Å². The highest BCUT2D eigenvalue weighted by Crippen LogP contribution is 2.44. The van der Waals surface area contributed by atoms with Gasteiger partial charge in [0.05, 0.1) is 13.5 Å². The molecule has 3 rings (SSSR count). The van der Waals surface area contributed by atoms with Crippen molar-refractivity contribution in [3.8, 4) is 11.1 Å². The molecule has 0 radical (unpaired) electrons. The topological polar surface area (TPSA) is 131 Å². The zero-order valence-electron chi connectivity index (χ0n) is 19.8. The van der Waals surface area contributed by atoms with Gasteiger partial charge in [-0.3, -0.25) is 9.59 Å². The first kappa shape index (κ1) is 25.7. The van der Waals surface area contributed by atoms with Crippen molar-refractivity contribution >= 4 is 23.9 Å². The van der Waals surface area contributed by atoms with Gasteiger partial charge in [0.1, 0.15) is 12.6 Å². The van der Waals surface area contributed by atoms with Crippen LogP contribution in [0.2, 0.25) is 0 Å². The number of esters is 1. The van der Waals surface area contributed by atoms with Gasteiger partial charge in [-0.05, 0) is 28.7 Å². The van der Waals surface area contributed by atoms with Gasteiger partial charge in [0, 0.05) is 18.4 Å². The molecule has 0 spiro atoms. The summed E-state index contributed by atoms with van der Waals surface area (Å²) in [5.74, 6) is -2.78. The molecule has 0 aliphatic heterocycles. The van der Waals surface area contributed by atoms with Gasteiger partial charge in [-0.15, -0.1) is 0 Å². The highest BCUT2D eigenvalue weighted by molar-refractivity contribution is 5.87. The van der Waals surface area contributed by atoms with Crippen LogP contribution in [-0.4, -0.2) is 54.8 Å². The lowest BCUT2D eigenvalue weighted by Crippen LogP contribution is -2.45. The van der Waals surface area contributed by atoms with E-state index in [1.165, 1.54) is 0 Å². The van der Waals surface area contributed by atoms with Crippen LogP contribution in [0.3, 0.4) is 0 Å². The zero-order chi connectivity index (χ0) is 25.4. The number of amides is 2. The van der Waals surface area contributed by atoms with Gasteiger partial charge in [-0.25, -0.2) is 9.59 Å². The summed E-state index contributed by atoms with van der Waals surface area (Å²) in [4.78, 5) is 47.8. The molecule has 2 aromatic rings. The van der Waals surface area contributed by atoms with E-state index in [4.69, 9.17) is 4.74 Å². The highest BCUT2D eigenvalue weighted by Gasteiger charge is 2.30. The molecule has 0 aromatic heterocycles. The lowest BCUT2D eigenvalue weighted by Gasteiger charge is -2.20. The fraction of sp³-hybridized carbons (Fsp3) is 0.385. The number of hydrogen-bond acceptors (Lipinski definition) is 6. The minimum absolute atomic E-state index is 0.0873. The Balaban J connectivity index is 1.58. The molecule has 2 amide bonds. The van der Waals surface area contributed by atoms with Gasteiger partial charge in [-0.2, -0.15) is 0 Å². The maximum Gasteiger partial charge on any atom is 0.407 e. The van der Waals surface area contributed by atoms with E-state index >= 15 is 0 Å². The van der Waals surface area contributed by atoms with Gasteiger partial charge in [0.25, 0.3) is 0 Å². The van der Waals surface area contributed by atoms with Gasteiger partial charge in [-0.1, -0.05) is 61.9 Å². The summed E-state index contributed by atoms with van der Waals surface area (Å²) in [5.41, 5.74) is 4.43. The Bertz CT molecular complexity index is 1040. The summed E-state index contributed by atoms with van der Waals surface area (Å²) in [6.07, 6.45) is -0.112. The van der Waals surface area contributed by atoms with Crippen molar-refractivity contribution in [1.29, 1.82) is 0 Å². The van der Waals surface area contributed by atoms with Crippen LogP contribution in [0.1, 0.15) is 49.7 Å². The maximum absolute atomic E-state index is 12.6. The fourth-order valence-electron chi connectivity index (χ4n) is 4.31. The predicted octanol–water partition coefficient (Wildman–Crippen LogP) is 3.22. The number of rotatable bonds is 11. The summed E-state index contributed by atoms with van der Waals surface area (Å²) in [6.45, 7) is 2.05. The van der Waals surface area contributed by atoms with Gasteiger partial charge >= 0.3 is 18.0 Å². The zero-order valence-corrected chi connectivity index (χ0v) is 19.8. The number of carboxylic acid groups (broad SMARTS) is 1. The molecule has 0 fully saturated rings. The van der Waals surface area contributed by atoms with Crippen LogP contribution in [0.4, 0.5) is 4.79 Å². The number of aliphatic carboxylic acids is 1. The standard InChI is InChI=1S/C26H30N2O7/c1-3-8-16(13-23(29)28-22(25(31)32)14-24(30)34-2)27-26(33)35-15-21-19-11-6-4-9-17(19)18-10-5-7-12-20(18)21/h4-7,9-12,16,21-22H,3,8,13-15H2,1-2H3,(H,27,33)(H,28,29)(H,31,32)/t16-,22-/m1/s1. The molecule has 9 nitrogen and oxygen atoms in total. The monoisotopic (exact) mass is 482 g/mol. The van der Waals surface area contributed by atoms with E-state index in [9.17, 15) is 24.3 Å². The summed E-state index contributed by atoms with van der Waals surface area (Å²) >= 11 is 0. The molecule has 2 atom stereocenters. The van der Waals surface area contributed by atoms with E-state index in [2.05, 4.69) is 27.5 Å². The Morgan fingerprint density at radius 3 is 2.09 bits per heavy atom. The number of methoxy groups -OCH3 is 1. The second-order valence-corrected chi connectivity index (χ2v) is 8.40. The second-order valence-electron chi connectivity index (χ2n) is 8.40. The number of alkyl carbamates (subject to hydrolysis) is 1. The molecule has 2 aromatic carbocycles. The molecule has 0 saturated carbocycles. The molecular formula is C26H30N2O7. The molecule has 0 bridgehead atoms. The van der Waals surface area contributed by atoms with Crippen molar-refractivity contribution < 1.29 is 33.8 Å². The molecule has 186 valence electrons. The number of ether oxygens (including phenoxy) is 2. The summed E-state index contributed by atoms with van der Waals surface area (Å²) in [5, 5.41) is 14.3. The number of nitrogens with one attached hydrogen (secondary N) is 2. The van der Waals surface area contributed by atoms with E-state index in [-0.39, 0.29) is 18.9 Å². The van der Waals surface area contributed by atoms with E-state index < -0.39 is 42.4 Å². The quantitative estimate of drug-likeness (QED) is 0.419. The number of benzene rings is 2. The first-order valence-corrected chi connectivity index (χ1v) is 11.5. The minimum Gasteiger partial charge on any atom is -0.480 e. The van der Waals surface area contributed by atoms with E-state index in [0.717, 1.165) is 29.4 Å². The van der Waals surface area contributed by atoms with Gasteiger partial charge in [0.15, 0.2) is 0 Å². The third-order valence-corrected chi connectivity index (χ3v) is 5.97. The number of carbonyl (C=O) groups is 4. The first-order valence-electron chi connectivity index (χ1n) is 11.5. The van der Waals surface area contributed by atoms with E-state index in [1.54, 1.807) is 0 Å². The second kappa shape index (κ2) is 12.0. The van der Waals surface area contributed by atoms with Gasteiger partial charge < -0.3 is 25.2 Å². The normalized spacial score (nSPS) is 13.7. The number of carboxylic acids is 1. The molecule has 0 heterocycles. The van der Waals surface area contributed by atoms with Crippen LogP contribution in [0, 0.1) is 0 Å². The van der Waals surface area contributed by atoms with E-state index in [0.29, 0.717) is 12.8 Å². The molecule has 1 aliphatic rings. The molecule has 0 unspecified atom stereocenters. The third-order valence-electron chi connectivity index (χ3n) is 5.97. The van der Waals surface area contributed by atoms with Crippen LogP contribution in [0.25, 0.3) is 11.1 Å². The molecular weight excluding hydrogens is 452 g/mol. The van der Waals surface area contributed by atoms with Crippen molar-refractivity contribution in [3.05, 3.63) is 59.7 Å². The lowest BCUT2D eigenvalue weighted by molar-refractivity contribution is -0.148. The van der Waals surface area contributed by atoms with Crippen molar-refractivity contribution in [2.24, 2.45) is 0 Å². The predicted molar refractivity (Wildman–Crippen MR) is 128 cm³/mol. The van der Waals surface area contributed by atoms with Crippen molar-refractivity contribution in [2.75, 3.05) is 13.7 Å². The molecule has 9 heteroatoms. The summed E-state index contributed by atoms with van der Waals surface area (Å²) < 4.78 is 10.0. The Morgan fingerprint density at radius 1 is 0.943 bits per heavy atom. The average Bonchev–Trinajstić information content (AvgIpc) is 3.16. The van der Waals surface area contributed by atoms with Crippen LogP contribution in [0.15, 0.2) is 48.5 Å². The Kier molecular flexibility index (Phi) is 8.83. The Hall–Kier alpha value is -3.88. The maximum atomic E-state index is 12.6. The van der Waals surface area contributed by atoms with Crippen LogP contribution < -0.4 is 10.6 Å². The minimum atomic E-state index is -1.41. The average molecular weight is 483 g/mol. The Morgan fingerprint density at radius 2 is 1.54 bits per heavy atom. The smallest absolute Gasteiger partial charge is 0.407 e. The van der Waals surface area contributed by atoms with Crippen molar-refractivity contribution in [3.63, 3.8) is 0 Å². The third kappa shape index (κ3) is 6.59. The van der Waals surface area contributed by atoms with Crippen LogP contribution in [-0.2, 0) is 23.9 Å². The van der Waals surface area contributed by atoms with E-state index in [1.807, 2.05) is 43.3 Å². The summed E-state index contributed by atoms with van der Waals surface area (Å²) in [6, 6.07) is 14.1. The molecule has 3 N–H and O–H groups in total. The SMILES string of the molecule is CCC[C@H](CC(=O)N[C@H](CC(=O)OC)C(=O)O)NC(=O)OCC1c2ccccc2-c2ccccc21. The molecule has 35 heavy (non-hydrogen) atoms. The Labute approximate surface area is 203 Å². The number of carbonyl (C=O) groups excluding carboxylic acids is 3. The number of hydrogen-bond donors (Lipinski definition) is 3. The molecule has 0 saturated heterocycles.